The van der Waals surface area contributed by atoms with E-state index in [1.807, 2.05) is 7.05 Å². The molecule has 1 aromatic rings. The molecular weight excluding hydrogens is 247 g/mol. The van der Waals surface area contributed by atoms with Crippen molar-refractivity contribution in [2.75, 3.05) is 25.0 Å². The van der Waals surface area contributed by atoms with Crippen LogP contribution in [0.15, 0.2) is 12.3 Å². The molecule has 0 aromatic carbocycles. The monoisotopic (exact) mass is 262 g/mol. The van der Waals surface area contributed by atoms with Gasteiger partial charge < -0.3 is 10.2 Å². The van der Waals surface area contributed by atoms with Gasteiger partial charge in [-0.15, -0.1) is 12.4 Å². The summed E-state index contributed by atoms with van der Waals surface area (Å²) in [7, 11) is 2.02. The van der Waals surface area contributed by atoms with Crippen molar-refractivity contribution in [3.05, 3.63) is 17.4 Å². The second-order valence-corrected chi connectivity index (χ2v) is 4.18. The summed E-state index contributed by atoms with van der Waals surface area (Å²) in [5, 5.41) is 3.87. The van der Waals surface area contributed by atoms with Crippen molar-refractivity contribution in [3.8, 4) is 0 Å². The van der Waals surface area contributed by atoms with E-state index < -0.39 is 0 Å². The van der Waals surface area contributed by atoms with E-state index in [0.29, 0.717) is 17.1 Å². The molecule has 1 fully saturated rings. The fraction of sp³-hybridized carbons (Fsp3) is 0.600. The van der Waals surface area contributed by atoms with Crippen LogP contribution in [0.2, 0.25) is 5.15 Å². The summed E-state index contributed by atoms with van der Waals surface area (Å²) < 4.78 is 0. The lowest BCUT2D eigenvalue weighted by atomic mass is 10.1. The Morgan fingerprint density at radius 2 is 2.38 bits per heavy atom. The molecule has 90 valence electrons. The average molecular weight is 263 g/mol. The van der Waals surface area contributed by atoms with Gasteiger partial charge in [0.1, 0.15) is 5.15 Å². The van der Waals surface area contributed by atoms with Crippen molar-refractivity contribution in [3.63, 3.8) is 0 Å². The highest BCUT2D eigenvalue weighted by Crippen LogP contribution is 2.15. The van der Waals surface area contributed by atoms with Crippen molar-refractivity contribution in [1.82, 2.24) is 15.3 Å². The molecule has 2 rings (SSSR count). The maximum Gasteiger partial charge on any atom is 0.226 e. The van der Waals surface area contributed by atoms with Crippen LogP contribution in [-0.4, -0.2) is 36.1 Å². The Hall–Kier alpha value is -0.580. The van der Waals surface area contributed by atoms with Gasteiger partial charge in [-0.1, -0.05) is 11.6 Å². The summed E-state index contributed by atoms with van der Waals surface area (Å²) in [5.41, 5.74) is 0. The molecule has 1 N–H and O–H groups in total. The molecule has 1 atom stereocenters. The van der Waals surface area contributed by atoms with Crippen LogP contribution in [0.5, 0.6) is 0 Å². The van der Waals surface area contributed by atoms with Crippen LogP contribution < -0.4 is 10.2 Å². The summed E-state index contributed by atoms with van der Waals surface area (Å²) in [6.07, 6.45) is 4.08. The molecule has 4 nitrogen and oxygen atoms in total. The van der Waals surface area contributed by atoms with Gasteiger partial charge in [-0.05, 0) is 25.5 Å². The summed E-state index contributed by atoms with van der Waals surface area (Å²) in [6, 6.07) is 2.16. The summed E-state index contributed by atoms with van der Waals surface area (Å²) in [5.74, 6) is 0.705. The zero-order chi connectivity index (χ0) is 10.7. The molecule has 0 saturated carbocycles. The fourth-order valence-electron chi connectivity index (χ4n) is 1.82. The largest absolute Gasteiger partial charge is 0.340 e. The Bertz CT molecular complexity index is 328. The maximum absolute atomic E-state index is 5.83. The lowest BCUT2D eigenvalue weighted by molar-refractivity contribution is 0.441. The van der Waals surface area contributed by atoms with E-state index >= 15 is 0 Å². The molecule has 1 aromatic heterocycles. The third-order valence-electron chi connectivity index (χ3n) is 2.74. The van der Waals surface area contributed by atoms with Gasteiger partial charge in [-0.2, -0.15) is 0 Å². The first kappa shape index (κ1) is 13.5. The molecule has 1 aliphatic heterocycles. The van der Waals surface area contributed by atoms with Gasteiger partial charge in [-0.3, -0.25) is 0 Å². The second kappa shape index (κ2) is 6.23. The Labute approximate surface area is 107 Å². The zero-order valence-electron chi connectivity index (χ0n) is 9.19. The maximum atomic E-state index is 5.83. The van der Waals surface area contributed by atoms with Crippen LogP contribution in [-0.2, 0) is 0 Å². The third-order valence-corrected chi connectivity index (χ3v) is 2.95. The third kappa shape index (κ3) is 3.20. The number of aromatic nitrogens is 2. The van der Waals surface area contributed by atoms with E-state index in [4.69, 9.17) is 11.6 Å². The highest BCUT2D eigenvalue weighted by Gasteiger charge is 2.19. The standard InChI is InChI=1S/C10H15ClN4.ClH/c1-15(8-3-2-5-12-7-8)10-13-6-4-9(11)14-10;/h4,6,8,12H,2-3,5,7H2,1H3;1H. The van der Waals surface area contributed by atoms with Crippen molar-refractivity contribution in [1.29, 1.82) is 0 Å². The molecular formula is C10H16Cl2N4. The lowest BCUT2D eigenvalue weighted by Crippen LogP contribution is -2.44. The van der Waals surface area contributed by atoms with Crippen molar-refractivity contribution >= 4 is 30.0 Å². The SMILES string of the molecule is CN(c1nccc(Cl)n1)C1CCCNC1.Cl. The Kier molecular flexibility index (Phi) is 5.25. The zero-order valence-corrected chi connectivity index (χ0v) is 10.8. The number of halogens is 2. The van der Waals surface area contributed by atoms with E-state index in [2.05, 4.69) is 20.2 Å². The summed E-state index contributed by atoms with van der Waals surface area (Å²) in [6.45, 7) is 2.10. The molecule has 1 unspecified atom stereocenters. The first-order valence-electron chi connectivity index (χ1n) is 5.19. The van der Waals surface area contributed by atoms with Crippen LogP contribution in [0, 0.1) is 0 Å². The number of hydrogen-bond donors (Lipinski definition) is 1. The number of nitrogens with one attached hydrogen (secondary N) is 1. The Morgan fingerprint density at radius 3 is 3.00 bits per heavy atom. The topological polar surface area (TPSA) is 41.1 Å². The van der Waals surface area contributed by atoms with Gasteiger partial charge in [0.25, 0.3) is 0 Å². The van der Waals surface area contributed by atoms with Gasteiger partial charge in [0.2, 0.25) is 5.95 Å². The van der Waals surface area contributed by atoms with E-state index in [1.54, 1.807) is 12.3 Å². The van der Waals surface area contributed by atoms with Crippen LogP contribution in [0.3, 0.4) is 0 Å². The molecule has 1 aliphatic rings. The van der Waals surface area contributed by atoms with Crippen molar-refractivity contribution in [2.24, 2.45) is 0 Å². The van der Waals surface area contributed by atoms with E-state index in [0.717, 1.165) is 13.1 Å². The Morgan fingerprint density at radius 1 is 1.56 bits per heavy atom. The molecule has 0 aliphatic carbocycles. The first-order chi connectivity index (χ1) is 7.27. The normalized spacial score (nSPS) is 20.0. The highest BCUT2D eigenvalue weighted by atomic mass is 35.5. The predicted octanol–water partition coefficient (Wildman–Crippen LogP) is 1.74. The minimum Gasteiger partial charge on any atom is -0.340 e. The van der Waals surface area contributed by atoms with E-state index in [9.17, 15) is 0 Å². The number of anilines is 1. The Balaban J connectivity index is 0.00000128. The molecule has 0 amide bonds. The molecule has 0 bridgehead atoms. The van der Waals surface area contributed by atoms with Gasteiger partial charge in [-0.25, -0.2) is 9.97 Å². The highest BCUT2D eigenvalue weighted by molar-refractivity contribution is 6.29. The first-order valence-corrected chi connectivity index (χ1v) is 5.57. The lowest BCUT2D eigenvalue weighted by Gasteiger charge is -2.31. The molecule has 2 heterocycles. The summed E-state index contributed by atoms with van der Waals surface area (Å²) >= 11 is 5.83. The fourth-order valence-corrected chi connectivity index (χ4v) is 1.96. The van der Waals surface area contributed by atoms with Crippen LogP contribution in [0.25, 0.3) is 0 Å². The van der Waals surface area contributed by atoms with Crippen molar-refractivity contribution in [2.45, 2.75) is 18.9 Å². The predicted molar refractivity (Wildman–Crippen MR) is 68.6 cm³/mol. The van der Waals surface area contributed by atoms with E-state index in [1.165, 1.54) is 12.8 Å². The quantitative estimate of drug-likeness (QED) is 0.825. The van der Waals surface area contributed by atoms with Gasteiger partial charge in [0.15, 0.2) is 0 Å². The van der Waals surface area contributed by atoms with Crippen LogP contribution in [0.1, 0.15) is 12.8 Å². The minimum atomic E-state index is 0. The number of piperidine rings is 1. The molecule has 1 saturated heterocycles. The van der Waals surface area contributed by atoms with Gasteiger partial charge in [0.05, 0.1) is 0 Å². The van der Waals surface area contributed by atoms with E-state index in [-0.39, 0.29) is 12.4 Å². The minimum absolute atomic E-state index is 0. The molecule has 6 heteroatoms. The van der Waals surface area contributed by atoms with Gasteiger partial charge >= 0.3 is 0 Å². The average Bonchev–Trinajstić information content (AvgIpc) is 2.29. The summed E-state index contributed by atoms with van der Waals surface area (Å²) in [4.78, 5) is 10.5. The number of nitrogens with zero attached hydrogens (tertiary/aromatic N) is 3. The van der Waals surface area contributed by atoms with Crippen LogP contribution >= 0.6 is 24.0 Å². The second-order valence-electron chi connectivity index (χ2n) is 3.79. The number of rotatable bonds is 2. The smallest absolute Gasteiger partial charge is 0.226 e. The van der Waals surface area contributed by atoms with Crippen LogP contribution in [0.4, 0.5) is 5.95 Å². The number of hydrogen-bond acceptors (Lipinski definition) is 4. The molecule has 16 heavy (non-hydrogen) atoms. The van der Waals surface area contributed by atoms with Crippen molar-refractivity contribution < 1.29 is 0 Å². The number of likely N-dealkylation sites (N-methyl/N-ethyl adjacent to an activating group) is 1. The van der Waals surface area contributed by atoms with Gasteiger partial charge in [0, 0.05) is 25.8 Å². The molecule has 0 radical (unpaired) electrons. The molecule has 0 spiro atoms.